The maximum atomic E-state index is 12.1. The molecule has 0 heterocycles. The van der Waals surface area contributed by atoms with Crippen molar-refractivity contribution in [3.05, 3.63) is 35.4 Å². The summed E-state index contributed by atoms with van der Waals surface area (Å²) in [6, 6.07) is 6.41. The minimum absolute atomic E-state index is 0.0517. The van der Waals surface area contributed by atoms with Crippen molar-refractivity contribution in [3.8, 4) is 0 Å². The third kappa shape index (κ3) is 6.24. The highest BCUT2D eigenvalue weighted by atomic mass is 32.2. The lowest BCUT2D eigenvalue weighted by atomic mass is 10.1. The van der Waals surface area contributed by atoms with Crippen molar-refractivity contribution >= 4 is 15.7 Å². The van der Waals surface area contributed by atoms with Gasteiger partial charge in [0.05, 0.1) is 18.5 Å². The van der Waals surface area contributed by atoms with E-state index in [9.17, 15) is 18.3 Å². The third-order valence-corrected chi connectivity index (χ3v) is 3.68. The lowest BCUT2D eigenvalue weighted by Crippen LogP contribution is -2.36. The molecule has 0 radical (unpaired) electrons. The first-order valence-corrected chi connectivity index (χ1v) is 8.48. The number of ether oxygens (including phenoxy) is 1. The van der Waals surface area contributed by atoms with Crippen molar-refractivity contribution in [1.82, 2.24) is 4.90 Å². The Morgan fingerprint density at radius 1 is 1.33 bits per heavy atom. The van der Waals surface area contributed by atoms with Crippen molar-refractivity contribution in [2.45, 2.75) is 11.9 Å². The molecule has 0 aliphatic heterocycles. The number of carbonyl (C=O) groups is 1. The molecular weight excluding hydrogens is 294 g/mol. The number of rotatable bonds is 7. The van der Waals surface area contributed by atoms with Gasteiger partial charge in [-0.25, -0.2) is 8.42 Å². The first-order chi connectivity index (χ1) is 9.73. The molecule has 0 aliphatic rings. The van der Waals surface area contributed by atoms with Gasteiger partial charge in [-0.3, -0.25) is 4.79 Å². The van der Waals surface area contributed by atoms with Crippen LogP contribution in [-0.4, -0.2) is 64.0 Å². The van der Waals surface area contributed by atoms with E-state index in [4.69, 9.17) is 4.74 Å². The first-order valence-electron chi connectivity index (χ1n) is 6.42. The molecule has 1 N–H and O–H groups in total. The Morgan fingerprint density at radius 3 is 2.38 bits per heavy atom. The molecule has 0 fully saturated rings. The van der Waals surface area contributed by atoms with Gasteiger partial charge >= 0.3 is 0 Å². The Labute approximate surface area is 125 Å². The van der Waals surface area contributed by atoms with Crippen LogP contribution in [0.4, 0.5) is 0 Å². The predicted molar refractivity (Wildman–Crippen MR) is 79.8 cm³/mol. The molecule has 1 aromatic carbocycles. The maximum Gasteiger partial charge on any atom is 0.253 e. The van der Waals surface area contributed by atoms with Gasteiger partial charge in [-0.2, -0.15) is 0 Å². The number of carbonyl (C=O) groups excluding carboxylic acids is 1. The lowest BCUT2D eigenvalue weighted by molar-refractivity contribution is 0.0380. The minimum Gasteiger partial charge on any atom is -0.389 e. The molecule has 0 saturated carbocycles. The van der Waals surface area contributed by atoms with Gasteiger partial charge in [-0.05, 0) is 17.7 Å². The van der Waals surface area contributed by atoms with Gasteiger partial charge in [0.15, 0.2) is 9.84 Å². The quantitative estimate of drug-likeness (QED) is 0.783. The molecule has 6 nitrogen and oxygen atoms in total. The van der Waals surface area contributed by atoms with Crippen LogP contribution in [0, 0.1) is 0 Å². The number of methoxy groups -OCH3 is 1. The summed E-state index contributed by atoms with van der Waals surface area (Å²) in [7, 11) is -0.0245. The summed E-state index contributed by atoms with van der Waals surface area (Å²) in [4.78, 5) is 13.5. The van der Waals surface area contributed by atoms with Gasteiger partial charge in [0, 0.05) is 32.5 Å². The fraction of sp³-hybridized carbons (Fsp3) is 0.500. The lowest BCUT2D eigenvalue weighted by Gasteiger charge is -2.20. The Hall–Kier alpha value is -1.44. The fourth-order valence-electron chi connectivity index (χ4n) is 1.91. The van der Waals surface area contributed by atoms with E-state index in [1.54, 1.807) is 31.3 Å². The Morgan fingerprint density at radius 2 is 1.90 bits per heavy atom. The van der Waals surface area contributed by atoms with Gasteiger partial charge in [-0.1, -0.05) is 12.1 Å². The molecule has 0 aromatic heterocycles. The number of likely N-dealkylation sites (N-methyl/N-ethyl adjacent to an activating group) is 1. The van der Waals surface area contributed by atoms with E-state index >= 15 is 0 Å². The monoisotopic (exact) mass is 315 g/mol. The van der Waals surface area contributed by atoms with Crippen LogP contribution in [-0.2, 0) is 20.3 Å². The van der Waals surface area contributed by atoms with Gasteiger partial charge < -0.3 is 14.7 Å². The molecule has 1 atom stereocenters. The number of hydrogen-bond acceptors (Lipinski definition) is 5. The second kappa shape index (κ2) is 7.53. The Balaban J connectivity index is 2.70. The van der Waals surface area contributed by atoms with Crippen molar-refractivity contribution in [2.24, 2.45) is 0 Å². The average molecular weight is 315 g/mol. The molecule has 0 spiro atoms. The number of hydrogen-bond donors (Lipinski definition) is 1. The summed E-state index contributed by atoms with van der Waals surface area (Å²) in [5, 5.41) is 9.60. The van der Waals surface area contributed by atoms with Crippen LogP contribution >= 0.6 is 0 Å². The maximum absolute atomic E-state index is 12.1. The van der Waals surface area contributed by atoms with E-state index in [0.29, 0.717) is 11.1 Å². The van der Waals surface area contributed by atoms with Crippen LogP contribution in [0.15, 0.2) is 24.3 Å². The minimum atomic E-state index is -3.09. The van der Waals surface area contributed by atoms with E-state index < -0.39 is 15.9 Å². The van der Waals surface area contributed by atoms with Crippen molar-refractivity contribution < 1.29 is 23.1 Å². The van der Waals surface area contributed by atoms with Crippen LogP contribution in [0.25, 0.3) is 0 Å². The van der Waals surface area contributed by atoms with E-state index in [1.807, 2.05) is 0 Å². The van der Waals surface area contributed by atoms with Crippen LogP contribution in [0.1, 0.15) is 15.9 Å². The topological polar surface area (TPSA) is 83.9 Å². The molecule has 7 heteroatoms. The van der Waals surface area contributed by atoms with E-state index in [2.05, 4.69) is 0 Å². The summed E-state index contributed by atoms with van der Waals surface area (Å²) < 4.78 is 27.2. The van der Waals surface area contributed by atoms with Crippen molar-refractivity contribution in [1.29, 1.82) is 0 Å². The summed E-state index contributed by atoms with van der Waals surface area (Å²) >= 11 is 0. The molecule has 0 saturated heterocycles. The fourth-order valence-corrected chi connectivity index (χ4v) is 2.71. The largest absolute Gasteiger partial charge is 0.389 e. The van der Waals surface area contributed by atoms with Crippen LogP contribution < -0.4 is 0 Å². The van der Waals surface area contributed by atoms with Crippen LogP contribution in [0.2, 0.25) is 0 Å². The highest BCUT2D eigenvalue weighted by molar-refractivity contribution is 7.89. The Bertz CT molecular complexity index is 568. The van der Waals surface area contributed by atoms with Crippen molar-refractivity contribution in [2.75, 3.05) is 33.6 Å². The summed E-state index contributed by atoms with van der Waals surface area (Å²) in [6.07, 6.45) is 0.422. The molecule has 1 rings (SSSR count). The summed E-state index contributed by atoms with van der Waals surface area (Å²) in [5.41, 5.74) is 1.08. The highest BCUT2D eigenvalue weighted by Crippen LogP contribution is 2.10. The number of benzene rings is 1. The van der Waals surface area contributed by atoms with Crippen LogP contribution in [0.5, 0.6) is 0 Å². The molecular formula is C14H21NO5S. The van der Waals surface area contributed by atoms with Crippen molar-refractivity contribution in [3.63, 3.8) is 0 Å². The second-order valence-corrected chi connectivity index (χ2v) is 7.20. The molecule has 1 amide bonds. The number of sulfone groups is 1. The molecule has 118 valence electrons. The number of nitrogens with zero attached hydrogens (tertiary/aromatic N) is 1. The second-order valence-electron chi connectivity index (χ2n) is 5.06. The first kappa shape index (κ1) is 17.6. The van der Waals surface area contributed by atoms with Gasteiger partial charge in [0.1, 0.15) is 0 Å². The smallest absolute Gasteiger partial charge is 0.253 e. The van der Waals surface area contributed by atoms with Gasteiger partial charge in [0.2, 0.25) is 0 Å². The van der Waals surface area contributed by atoms with E-state index in [1.165, 1.54) is 12.0 Å². The third-order valence-electron chi connectivity index (χ3n) is 2.82. The molecule has 0 bridgehead atoms. The predicted octanol–water partition coefficient (Wildman–Crippen LogP) is 0.310. The zero-order valence-corrected chi connectivity index (χ0v) is 13.3. The normalized spacial score (nSPS) is 13.0. The summed E-state index contributed by atoms with van der Waals surface area (Å²) in [6.45, 7) is 0.322. The van der Waals surface area contributed by atoms with E-state index in [0.717, 1.165) is 6.26 Å². The molecule has 1 aromatic rings. The standard InChI is InChI=1S/C14H21NO5S/c1-15(8-13(16)9-20-2)14(17)12-6-4-11(5-7-12)10-21(3,18)19/h4-7,13,16H,8-10H2,1-3H3. The molecule has 21 heavy (non-hydrogen) atoms. The molecule has 0 aliphatic carbocycles. The highest BCUT2D eigenvalue weighted by Gasteiger charge is 2.15. The zero-order valence-electron chi connectivity index (χ0n) is 12.4. The number of aliphatic hydroxyl groups is 1. The zero-order chi connectivity index (χ0) is 16.0. The number of aliphatic hydroxyl groups excluding tert-OH is 1. The van der Waals surface area contributed by atoms with Gasteiger partial charge in [-0.15, -0.1) is 0 Å². The average Bonchev–Trinajstić information content (AvgIpc) is 2.37. The SMILES string of the molecule is COCC(O)CN(C)C(=O)c1ccc(CS(C)(=O)=O)cc1. The summed E-state index contributed by atoms with van der Waals surface area (Å²) in [5.74, 6) is -0.291. The number of amides is 1. The van der Waals surface area contributed by atoms with Crippen LogP contribution in [0.3, 0.4) is 0 Å². The Kier molecular flexibility index (Phi) is 6.32. The molecule has 1 unspecified atom stereocenters. The van der Waals surface area contributed by atoms with Gasteiger partial charge in [0.25, 0.3) is 5.91 Å². The van der Waals surface area contributed by atoms with E-state index in [-0.39, 0.29) is 24.8 Å².